The van der Waals surface area contributed by atoms with E-state index in [-0.39, 0.29) is 11.4 Å². The maximum Gasteiger partial charge on any atom is 0.259 e. The van der Waals surface area contributed by atoms with E-state index in [9.17, 15) is 9.18 Å². The highest BCUT2D eigenvalue weighted by Gasteiger charge is 2.15. The minimum atomic E-state index is -0.678. The molecule has 1 N–H and O–H groups in total. The van der Waals surface area contributed by atoms with Crippen molar-refractivity contribution in [1.29, 1.82) is 0 Å². The summed E-state index contributed by atoms with van der Waals surface area (Å²) in [6.07, 6.45) is 1.42. The van der Waals surface area contributed by atoms with E-state index >= 15 is 0 Å². The number of methoxy groups -OCH3 is 1. The molecule has 1 heterocycles. The van der Waals surface area contributed by atoms with Crippen LogP contribution in [0.5, 0.6) is 5.75 Å². The van der Waals surface area contributed by atoms with Crippen LogP contribution in [0.2, 0.25) is 0 Å². The summed E-state index contributed by atoms with van der Waals surface area (Å²) in [6, 6.07) is 3.97. The maximum atomic E-state index is 13.8. The Bertz CT molecular complexity index is 667. The molecular weight excluding hydrogens is 397 g/mol. The molecule has 0 saturated carbocycles. The van der Waals surface area contributed by atoms with Crippen molar-refractivity contribution in [1.82, 2.24) is 9.97 Å². The molecule has 0 aliphatic heterocycles. The predicted octanol–water partition coefficient (Wildman–Crippen LogP) is 3.40. The number of hydrogen-bond donors (Lipinski definition) is 1. The van der Waals surface area contributed by atoms with Gasteiger partial charge in [0.2, 0.25) is 0 Å². The van der Waals surface area contributed by atoms with Crippen LogP contribution in [0.3, 0.4) is 0 Å². The van der Waals surface area contributed by atoms with Crippen LogP contribution in [-0.2, 0) is 0 Å². The van der Waals surface area contributed by atoms with Gasteiger partial charge in [0.05, 0.1) is 18.9 Å². The summed E-state index contributed by atoms with van der Waals surface area (Å²) >= 11 is 6.30. The maximum absolute atomic E-state index is 13.8. The second-order valence-electron chi connectivity index (χ2n) is 3.63. The highest BCUT2D eigenvalue weighted by Crippen LogP contribution is 2.21. The molecule has 0 atom stereocenters. The Balaban J connectivity index is 2.24. The van der Waals surface area contributed by atoms with E-state index < -0.39 is 11.7 Å². The minimum absolute atomic E-state index is 0.109. The second kappa shape index (κ2) is 6.27. The van der Waals surface area contributed by atoms with Crippen LogP contribution in [0.1, 0.15) is 10.4 Å². The van der Waals surface area contributed by atoms with Crippen LogP contribution in [0.25, 0.3) is 0 Å². The SMILES string of the molecule is COc1ccc(C(=O)Nc2ncc(Br)nc2Br)c(F)c1. The van der Waals surface area contributed by atoms with Crippen LogP contribution in [0.4, 0.5) is 10.2 Å². The first-order chi connectivity index (χ1) is 9.51. The van der Waals surface area contributed by atoms with Gasteiger partial charge in [-0.05, 0) is 44.0 Å². The number of nitrogens with zero attached hydrogens (tertiary/aromatic N) is 2. The fourth-order valence-corrected chi connectivity index (χ4v) is 2.32. The third kappa shape index (κ3) is 3.31. The lowest BCUT2D eigenvalue weighted by Gasteiger charge is -2.07. The van der Waals surface area contributed by atoms with Crippen molar-refractivity contribution in [2.24, 2.45) is 0 Å². The van der Waals surface area contributed by atoms with Gasteiger partial charge in [0.25, 0.3) is 5.91 Å². The first-order valence-electron chi connectivity index (χ1n) is 5.34. The molecule has 104 valence electrons. The first-order valence-corrected chi connectivity index (χ1v) is 6.93. The molecule has 0 saturated heterocycles. The topological polar surface area (TPSA) is 64.1 Å². The van der Waals surface area contributed by atoms with E-state index in [0.717, 1.165) is 6.07 Å². The summed E-state index contributed by atoms with van der Waals surface area (Å²) in [7, 11) is 1.42. The normalized spacial score (nSPS) is 10.2. The van der Waals surface area contributed by atoms with Crippen LogP contribution in [0, 0.1) is 5.82 Å². The van der Waals surface area contributed by atoms with Gasteiger partial charge in [-0.15, -0.1) is 0 Å². The monoisotopic (exact) mass is 403 g/mol. The van der Waals surface area contributed by atoms with Gasteiger partial charge in [-0.3, -0.25) is 4.79 Å². The van der Waals surface area contributed by atoms with Gasteiger partial charge in [-0.1, -0.05) is 0 Å². The van der Waals surface area contributed by atoms with Gasteiger partial charge in [0, 0.05) is 6.07 Å². The number of carbonyl (C=O) groups is 1. The lowest BCUT2D eigenvalue weighted by molar-refractivity contribution is 0.102. The van der Waals surface area contributed by atoms with Crippen LogP contribution in [0.15, 0.2) is 33.6 Å². The summed E-state index contributed by atoms with van der Waals surface area (Å²) in [5, 5.41) is 2.47. The number of aromatic nitrogens is 2. The zero-order chi connectivity index (χ0) is 14.7. The number of halogens is 3. The smallest absolute Gasteiger partial charge is 0.259 e. The molecule has 0 unspecified atom stereocenters. The van der Waals surface area contributed by atoms with Gasteiger partial charge in [0.1, 0.15) is 20.8 Å². The number of ether oxygens (including phenoxy) is 1. The second-order valence-corrected chi connectivity index (χ2v) is 5.20. The van der Waals surface area contributed by atoms with Crippen molar-refractivity contribution >= 4 is 43.6 Å². The van der Waals surface area contributed by atoms with Crippen molar-refractivity contribution in [3.05, 3.63) is 45.0 Å². The lowest BCUT2D eigenvalue weighted by atomic mass is 10.2. The molecule has 0 spiro atoms. The summed E-state index contributed by atoms with van der Waals surface area (Å²) in [6.45, 7) is 0. The number of rotatable bonds is 3. The van der Waals surface area contributed by atoms with Crippen LogP contribution in [-0.4, -0.2) is 23.0 Å². The fourth-order valence-electron chi connectivity index (χ4n) is 1.41. The van der Waals surface area contributed by atoms with E-state index in [1.165, 1.54) is 25.4 Å². The molecule has 2 rings (SSSR count). The third-order valence-corrected chi connectivity index (χ3v) is 3.29. The highest BCUT2D eigenvalue weighted by molar-refractivity contribution is 9.11. The van der Waals surface area contributed by atoms with E-state index in [4.69, 9.17) is 4.74 Å². The van der Waals surface area contributed by atoms with Crippen molar-refractivity contribution in [3.8, 4) is 5.75 Å². The van der Waals surface area contributed by atoms with Gasteiger partial charge in [-0.2, -0.15) is 0 Å². The number of amides is 1. The average molecular weight is 405 g/mol. The number of anilines is 1. The highest BCUT2D eigenvalue weighted by atomic mass is 79.9. The molecule has 0 fully saturated rings. The molecule has 1 amide bonds. The molecule has 5 nitrogen and oxygen atoms in total. The average Bonchev–Trinajstić information content (AvgIpc) is 2.41. The summed E-state index contributed by atoms with van der Waals surface area (Å²) in [4.78, 5) is 20.0. The fraction of sp³-hybridized carbons (Fsp3) is 0.0833. The zero-order valence-corrected chi connectivity index (χ0v) is 13.3. The Morgan fingerprint density at radius 1 is 1.40 bits per heavy atom. The van der Waals surface area contributed by atoms with E-state index in [0.29, 0.717) is 15.0 Å². The number of carbonyl (C=O) groups excluding carboxylic acids is 1. The Kier molecular flexibility index (Phi) is 4.66. The van der Waals surface area contributed by atoms with Crippen LogP contribution >= 0.6 is 31.9 Å². The number of nitrogens with one attached hydrogen (secondary N) is 1. The molecule has 0 aliphatic rings. The van der Waals surface area contributed by atoms with E-state index in [2.05, 4.69) is 47.1 Å². The molecule has 0 aliphatic carbocycles. The van der Waals surface area contributed by atoms with E-state index in [1.54, 1.807) is 0 Å². The van der Waals surface area contributed by atoms with Crippen LogP contribution < -0.4 is 10.1 Å². The lowest BCUT2D eigenvalue weighted by Crippen LogP contribution is -2.15. The molecule has 0 bridgehead atoms. The predicted molar refractivity (Wildman–Crippen MR) is 78.3 cm³/mol. The summed E-state index contributed by atoms with van der Waals surface area (Å²) in [5.74, 6) is -0.761. The minimum Gasteiger partial charge on any atom is -0.497 e. The van der Waals surface area contributed by atoms with Gasteiger partial charge >= 0.3 is 0 Å². The Morgan fingerprint density at radius 2 is 2.15 bits per heavy atom. The molecule has 8 heteroatoms. The molecular formula is C12H8Br2FN3O2. The van der Waals surface area contributed by atoms with Crippen molar-refractivity contribution in [3.63, 3.8) is 0 Å². The first kappa shape index (κ1) is 14.9. The Hall–Kier alpha value is -1.54. The Labute approximate surface area is 130 Å². The molecule has 0 radical (unpaired) electrons. The van der Waals surface area contributed by atoms with E-state index in [1.807, 2.05) is 0 Å². The molecule has 1 aromatic carbocycles. The van der Waals surface area contributed by atoms with Crippen molar-refractivity contribution in [2.45, 2.75) is 0 Å². The van der Waals surface area contributed by atoms with Gasteiger partial charge in [-0.25, -0.2) is 14.4 Å². The molecule has 20 heavy (non-hydrogen) atoms. The third-order valence-electron chi connectivity index (χ3n) is 2.35. The number of benzene rings is 1. The Morgan fingerprint density at radius 3 is 2.75 bits per heavy atom. The molecule has 2 aromatic rings. The van der Waals surface area contributed by atoms with Crippen molar-refractivity contribution < 1.29 is 13.9 Å². The molecule has 1 aromatic heterocycles. The standard InChI is InChI=1S/C12H8Br2FN3O2/c1-20-6-2-3-7(8(15)4-6)12(19)18-11-10(14)17-9(13)5-16-11/h2-5H,1H3,(H,16,18,19). The quantitative estimate of drug-likeness (QED) is 0.851. The summed E-state index contributed by atoms with van der Waals surface area (Å²) in [5.41, 5.74) is -0.109. The number of hydrogen-bond acceptors (Lipinski definition) is 4. The van der Waals surface area contributed by atoms with Gasteiger partial charge < -0.3 is 10.1 Å². The van der Waals surface area contributed by atoms with Gasteiger partial charge in [0.15, 0.2) is 5.82 Å². The summed E-state index contributed by atoms with van der Waals surface area (Å²) < 4.78 is 19.5. The zero-order valence-electron chi connectivity index (χ0n) is 10.2. The van der Waals surface area contributed by atoms with Crippen molar-refractivity contribution in [2.75, 3.05) is 12.4 Å². The largest absolute Gasteiger partial charge is 0.497 e.